The Hall–Kier alpha value is -0.130. The Labute approximate surface area is 118 Å². The molecule has 2 nitrogen and oxygen atoms in total. The topological polar surface area (TPSA) is 21.3 Å². The fraction of sp³-hybridized carbons (Fsp3) is 0.571. The van der Waals surface area contributed by atoms with Gasteiger partial charge in [0.1, 0.15) is 0 Å². The number of ether oxygens (including phenoxy) is 1. The largest absolute Gasteiger partial charge is 0.379 e. The molecule has 0 saturated heterocycles. The van der Waals surface area contributed by atoms with Crippen molar-refractivity contribution in [1.82, 2.24) is 5.32 Å². The van der Waals surface area contributed by atoms with Crippen LogP contribution in [0.3, 0.4) is 0 Å². The molecule has 0 atom stereocenters. The van der Waals surface area contributed by atoms with Crippen LogP contribution in [0.2, 0.25) is 0 Å². The van der Waals surface area contributed by atoms with Crippen LogP contribution in [0.15, 0.2) is 24.3 Å². The molecule has 3 heteroatoms. The summed E-state index contributed by atoms with van der Waals surface area (Å²) in [5.74, 6) is 0. The molecule has 1 aromatic rings. The van der Waals surface area contributed by atoms with Crippen LogP contribution in [0.25, 0.3) is 0 Å². The highest BCUT2D eigenvalue weighted by molar-refractivity contribution is 14.1. The number of halogens is 1. The third-order valence-corrected chi connectivity index (χ3v) is 3.16. The first-order valence-corrected chi connectivity index (χ1v) is 7.33. The second-order valence-electron chi connectivity index (χ2n) is 4.43. The first-order chi connectivity index (χ1) is 8.18. The molecule has 17 heavy (non-hydrogen) atoms. The van der Waals surface area contributed by atoms with E-state index < -0.39 is 0 Å². The van der Waals surface area contributed by atoms with Crippen LogP contribution in [0.4, 0.5) is 0 Å². The molecule has 0 saturated carbocycles. The Balaban J connectivity index is 1.99. The minimum Gasteiger partial charge on any atom is -0.379 e. The predicted molar refractivity (Wildman–Crippen MR) is 81.2 cm³/mol. The molecule has 0 bridgehead atoms. The van der Waals surface area contributed by atoms with E-state index in [1.165, 1.54) is 15.6 Å². The van der Waals surface area contributed by atoms with Gasteiger partial charge in [0.2, 0.25) is 0 Å². The molecule has 0 amide bonds. The van der Waals surface area contributed by atoms with E-state index in [1.807, 2.05) is 0 Å². The summed E-state index contributed by atoms with van der Waals surface area (Å²) in [7, 11) is 0. The minimum absolute atomic E-state index is 0.356. The van der Waals surface area contributed by atoms with E-state index in [9.17, 15) is 0 Å². The lowest BCUT2D eigenvalue weighted by atomic mass is 10.2. The average molecular weight is 347 g/mol. The molecule has 1 rings (SSSR count). The maximum atomic E-state index is 5.49. The van der Waals surface area contributed by atoms with Crippen molar-refractivity contribution >= 4 is 22.6 Å². The molecule has 0 unspecified atom stereocenters. The Kier molecular flexibility index (Phi) is 7.81. The highest BCUT2D eigenvalue weighted by Crippen LogP contribution is 2.06. The minimum atomic E-state index is 0.356. The van der Waals surface area contributed by atoms with Crippen LogP contribution < -0.4 is 5.32 Å². The zero-order valence-electron chi connectivity index (χ0n) is 10.7. The summed E-state index contributed by atoms with van der Waals surface area (Å²) in [5, 5.41) is 3.45. The maximum Gasteiger partial charge on any atom is 0.0518 e. The van der Waals surface area contributed by atoms with Crippen molar-refractivity contribution in [2.45, 2.75) is 39.3 Å². The highest BCUT2D eigenvalue weighted by atomic mass is 127. The molecule has 0 aliphatic carbocycles. The predicted octanol–water partition coefficient (Wildman–Crippen LogP) is 3.59. The number of benzene rings is 1. The van der Waals surface area contributed by atoms with E-state index in [0.717, 1.165) is 26.1 Å². The van der Waals surface area contributed by atoms with Crippen molar-refractivity contribution in [3.63, 3.8) is 0 Å². The second kappa shape index (κ2) is 8.89. The molecular weight excluding hydrogens is 325 g/mol. The first-order valence-electron chi connectivity index (χ1n) is 6.25. The van der Waals surface area contributed by atoms with E-state index in [1.54, 1.807) is 0 Å². The van der Waals surface area contributed by atoms with Gasteiger partial charge in [-0.15, -0.1) is 0 Å². The Morgan fingerprint density at radius 2 is 1.88 bits per heavy atom. The molecule has 96 valence electrons. The van der Waals surface area contributed by atoms with E-state index in [2.05, 4.69) is 66.0 Å². The number of hydrogen-bond donors (Lipinski definition) is 1. The van der Waals surface area contributed by atoms with Crippen molar-refractivity contribution in [3.05, 3.63) is 33.4 Å². The molecule has 1 aromatic carbocycles. The molecule has 0 radical (unpaired) electrons. The fourth-order valence-electron chi connectivity index (χ4n) is 1.51. The molecule has 0 fully saturated rings. The van der Waals surface area contributed by atoms with Crippen molar-refractivity contribution in [2.75, 3.05) is 13.2 Å². The Morgan fingerprint density at radius 1 is 1.18 bits per heavy atom. The van der Waals surface area contributed by atoms with E-state index in [4.69, 9.17) is 4.74 Å². The summed E-state index contributed by atoms with van der Waals surface area (Å²) < 4.78 is 6.78. The molecule has 1 N–H and O–H groups in total. The summed E-state index contributed by atoms with van der Waals surface area (Å²) in [5.41, 5.74) is 1.35. The lowest BCUT2D eigenvalue weighted by Crippen LogP contribution is -2.15. The maximum absolute atomic E-state index is 5.49. The van der Waals surface area contributed by atoms with E-state index in [-0.39, 0.29) is 0 Å². The van der Waals surface area contributed by atoms with Crippen molar-refractivity contribution in [2.24, 2.45) is 0 Å². The monoisotopic (exact) mass is 347 g/mol. The smallest absolute Gasteiger partial charge is 0.0518 e. The SMILES string of the molecule is CC(C)OCCCCNCc1ccc(I)cc1. The summed E-state index contributed by atoms with van der Waals surface area (Å²) in [4.78, 5) is 0. The lowest BCUT2D eigenvalue weighted by Gasteiger charge is -2.08. The number of rotatable bonds is 8. The second-order valence-corrected chi connectivity index (χ2v) is 5.68. The molecule has 0 heterocycles. The summed E-state index contributed by atoms with van der Waals surface area (Å²) in [6, 6.07) is 8.65. The van der Waals surface area contributed by atoms with E-state index >= 15 is 0 Å². The van der Waals surface area contributed by atoms with Gasteiger partial charge in [0.05, 0.1) is 6.10 Å². The average Bonchev–Trinajstić information content (AvgIpc) is 2.30. The van der Waals surface area contributed by atoms with Gasteiger partial charge in [0.15, 0.2) is 0 Å². The summed E-state index contributed by atoms with van der Waals surface area (Å²) in [6.45, 7) is 7.06. The Bertz CT molecular complexity index is 298. The first kappa shape index (κ1) is 14.9. The highest BCUT2D eigenvalue weighted by Gasteiger charge is 1.95. The van der Waals surface area contributed by atoms with Crippen LogP contribution in [0.5, 0.6) is 0 Å². The molecular formula is C14H22INO. The van der Waals surface area contributed by atoms with Crippen LogP contribution >= 0.6 is 22.6 Å². The van der Waals surface area contributed by atoms with Gasteiger partial charge in [0.25, 0.3) is 0 Å². The summed E-state index contributed by atoms with van der Waals surface area (Å²) >= 11 is 2.33. The zero-order chi connectivity index (χ0) is 12.5. The molecule has 0 aliphatic rings. The quantitative estimate of drug-likeness (QED) is 0.573. The number of unbranched alkanes of at least 4 members (excludes halogenated alkanes) is 1. The Morgan fingerprint density at radius 3 is 2.53 bits per heavy atom. The van der Waals surface area contributed by atoms with Crippen LogP contribution in [0.1, 0.15) is 32.3 Å². The third kappa shape index (κ3) is 7.73. The van der Waals surface area contributed by atoms with Gasteiger partial charge in [-0.05, 0) is 73.5 Å². The summed E-state index contributed by atoms with van der Waals surface area (Å²) in [6.07, 6.45) is 2.67. The molecule has 0 aromatic heterocycles. The molecule has 0 aliphatic heterocycles. The van der Waals surface area contributed by atoms with Crippen molar-refractivity contribution < 1.29 is 4.74 Å². The molecule has 0 spiro atoms. The van der Waals surface area contributed by atoms with Gasteiger partial charge < -0.3 is 10.1 Å². The van der Waals surface area contributed by atoms with Gasteiger partial charge in [0, 0.05) is 16.7 Å². The van der Waals surface area contributed by atoms with Crippen LogP contribution in [-0.2, 0) is 11.3 Å². The standard InChI is InChI=1S/C14H22INO/c1-12(2)17-10-4-3-9-16-11-13-5-7-14(15)8-6-13/h5-8,12,16H,3-4,9-11H2,1-2H3. The van der Waals surface area contributed by atoms with Crippen LogP contribution in [0, 0.1) is 3.57 Å². The zero-order valence-corrected chi connectivity index (χ0v) is 12.9. The van der Waals surface area contributed by atoms with Gasteiger partial charge in [-0.2, -0.15) is 0 Å². The van der Waals surface area contributed by atoms with E-state index in [0.29, 0.717) is 6.10 Å². The fourth-order valence-corrected chi connectivity index (χ4v) is 1.87. The van der Waals surface area contributed by atoms with Gasteiger partial charge >= 0.3 is 0 Å². The van der Waals surface area contributed by atoms with Crippen molar-refractivity contribution in [1.29, 1.82) is 0 Å². The van der Waals surface area contributed by atoms with Gasteiger partial charge in [-0.1, -0.05) is 12.1 Å². The lowest BCUT2D eigenvalue weighted by molar-refractivity contribution is 0.0760. The van der Waals surface area contributed by atoms with Crippen molar-refractivity contribution in [3.8, 4) is 0 Å². The van der Waals surface area contributed by atoms with Gasteiger partial charge in [-0.25, -0.2) is 0 Å². The van der Waals surface area contributed by atoms with Gasteiger partial charge in [-0.3, -0.25) is 0 Å². The number of hydrogen-bond acceptors (Lipinski definition) is 2. The van der Waals surface area contributed by atoms with Crippen LogP contribution in [-0.4, -0.2) is 19.3 Å². The normalized spacial score (nSPS) is 11.1. The third-order valence-electron chi connectivity index (χ3n) is 2.44. The number of nitrogens with one attached hydrogen (secondary N) is 1.